The molecule has 8 nitrogen and oxygen atoms in total. The van der Waals surface area contributed by atoms with Gasteiger partial charge in [0, 0.05) is 25.7 Å². The van der Waals surface area contributed by atoms with Crippen LogP contribution in [0.1, 0.15) is 41.3 Å². The van der Waals surface area contributed by atoms with E-state index in [0.717, 1.165) is 11.1 Å². The number of hydrogen-bond acceptors (Lipinski definition) is 5. The Morgan fingerprint density at radius 3 is 2.27 bits per heavy atom. The molecule has 1 fully saturated rings. The molecule has 8 heteroatoms. The van der Waals surface area contributed by atoms with Gasteiger partial charge in [-0.05, 0) is 45.7 Å². The predicted molar refractivity (Wildman–Crippen MR) is 112 cm³/mol. The Morgan fingerprint density at radius 1 is 1.10 bits per heavy atom. The molecule has 1 N–H and O–H groups in total. The Hall–Kier alpha value is -2.90. The van der Waals surface area contributed by atoms with Gasteiger partial charge >= 0.3 is 5.97 Å². The van der Waals surface area contributed by atoms with Crippen molar-refractivity contribution in [1.82, 2.24) is 15.1 Å². The average Bonchev–Trinajstić information content (AvgIpc) is 2.71. The highest BCUT2D eigenvalue weighted by molar-refractivity contribution is 5.97. The fourth-order valence-electron chi connectivity index (χ4n) is 3.51. The number of hydrogen-bond donors (Lipinski definition) is 1. The summed E-state index contributed by atoms with van der Waals surface area (Å²) >= 11 is 0. The lowest BCUT2D eigenvalue weighted by Gasteiger charge is -2.32. The van der Waals surface area contributed by atoms with Crippen molar-refractivity contribution in [2.24, 2.45) is 5.92 Å². The van der Waals surface area contributed by atoms with E-state index in [2.05, 4.69) is 5.32 Å². The van der Waals surface area contributed by atoms with Crippen LogP contribution in [0.3, 0.4) is 0 Å². The van der Waals surface area contributed by atoms with Gasteiger partial charge in [0.05, 0.1) is 25.6 Å². The van der Waals surface area contributed by atoms with E-state index < -0.39 is 0 Å². The highest BCUT2D eigenvalue weighted by atomic mass is 16.5. The lowest BCUT2D eigenvalue weighted by atomic mass is 9.97. The molecule has 3 amide bonds. The van der Waals surface area contributed by atoms with Gasteiger partial charge in [-0.2, -0.15) is 0 Å². The van der Waals surface area contributed by atoms with Crippen LogP contribution in [-0.4, -0.2) is 73.3 Å². The van der Waals surface area contributed by atoms with Crippen molar-refractivity contribution in [3.8, 4) is 0 Å². The van der Waals surface area contributed by atoms with E-state index in [0.29, 0.717) is 38.1 Å². The Bertz CT molecular complexity index is 780. The van der Waals surface area contributed by atoms with Gasteiger partial charge in [0.25, 0.3) is 5.91 Å². The van der Waals surface area contributed by atoms with Crippen LogP contribution in [-0.2, 0) is 19.1 Å². The molecule has 1 saturated heterocycles. The molecule has 0 bridgehead atoms. The highest BCUT2D eigenvalue weighted by Gasteiger charge is 2.29. The average molecular weight is 418 g/mol. The molecule has 164 valence electrons. The Balaban J connectivity index is 1.78. The van der Waals surface area contributed by atoms with Gasteiger partial charge in [-0.25, -0.2) is 0 Å². The normalized spacial score (nSPS) is 14.2. The number of esters is 1. The van der Waals surface area contributed by atoms with Gasteiger partial charge in [-0.3, -0.25) is 19.2 Å². The van der Waals surface area contributed by atoms with Crippen LogP contribution < -0.4 is 5.32 Å². The number of aryl methyl sites for hydroxylation is 2. The number of nitrogens with one attached hydrogen (secondary N) is 1. The molecule has 1 aliphatic rings. The number of amides is 3. The lowest BCUT2D eigenvalue weighted by molar-refractivity contribution is -0.151. The maximum Gasteiger partial charge on any atom is 0.309 e. The van der Waals surface area contributed by atoms with E-state index >= 15 is 0 Å². The SMILES string of the molecule is CCOC(=O)C1CCN(C(=O)CN(C)C(=O)CNC(=O)c2cc(C)cc(C)c2)CC1. The topological polar surface area (TPSA) is 96.0 Å². The van der Waals surface area contributed by atoms with Crippen LogP contribution in [0.2, 0.25) is 0 Å². The van der Waals surface area contributed by atoms with Gasteiger partial charge in [0.1, 0.15) is 0 Å². The van der Waals surface area contributed by atoms with E-state index in [1.54, 1.807) is 24.0 Å². The number of likely N-dealkylation sites (tertiary alicyclic amines) is 1. The van der Waals surface area contributed by atoms with Crippen LogP contribution in [0.5, 0.6) is 0 Å². The second-order valence-corrected chi connectivity index (χ2v) is 7.72. The second kappa shape index (κ2) is 10.8. The molecule has 0 saturated carbocycles. The van der Waals surface area contributed by atoms with Gasteiger partial charge in [0.15, 0.2) is 0 Å². The molecule has 2 rings (SSSR count). The molecule has 0 unspecified atom stereocenters. The Labute approximate surface area is 177 Å². The quantitative estimate of drug-likeness (QED) is 0.675. The van der Waals surface area contributed by atoms with Crippen LogP contribution in [0.4, 0.5) is 0 Å². The van der Waals surface area contributed by atoms with E-state index in [4.69, 9.17) is 4.74 Å². The zero-order chi connectivity index (χ0) is 22.3. The zero-order valence-corrected chi connectivity index (χ0v) is 18.2. The van der Waals surface area contributed by atoms with Crippen LogP contribution in [0, 0.1) is 19.8 Å². The number of ether oxygens (including phenoxy) is 1. The van der Waals surface area contributed by atoms with E-state index in [1.165, 1.54) is 11.9 Å². The van der Waals surface area contributed by atoms with E-state index in [-0.39, 0.29) is 42.7 Å². The van der Waals surface area contributed by atoms with Gasteiger partial charge < -0.3 is 19.9 Å². The summed E-state index contributed by atoms with van der Waals surface area (Å²) < 4.78 is 5.03. The maximum absolute atomic E-state index is 12.5. The highest BCUT2D eigenvalue weighted by Crippen LogP contribution is 2.19. The van der Waals surface area contributed by atoms with Crippen LogP contribution in [0.25, 0.3) is 0 Å². The third kappa shape index (κ3) is 6.57. The number of likely N-dealkylation sites (N-methyl/N-ethyl adjacent to an activating group) is 1. The first-order valence-electron chi connectivity index (χ1n) is 10.3. The number of carbonyl (C=O) groups is 4. The molecule has 0 spiro atoms. The van der Waals surface area contributed by atoms with Gasteiger partial charge in [-0.1, -0.05) is 17.2 Å². The molecule has 1 aromatic rings. The summed E-state index contributed by atoms with van der Waals surface area (Å²) in [4.78, 5) is 51.8. The smallest absolute Gasteiger partial charge is 0.309 e. The molecule has 0 aromatic heterocycles. The van der Waals surface area contributed by atoms with E-state index in [9.17, 15) is 19.2 Å². The summed E-state index contributed by atoms with van der Waals surface area (Å²) in [5.74, 6) is -1.22. The fraction of sp³-hybridized carbons (Fsp3) is 0.545. The summed E-state index contributed by atoms with van der Waals surface area (Å²) in [6.07, 6.45) is 1.13. The molecular formula is C22H31N3O5. The third-order valence-corrected chi connectivity index (χ3v) is 5.15. The molecule has 1 aliphatic heterocycles. The Kier molecular flexibility index (Phi) is 8.38. The minimum atomic E-state index is -0.345. The minimum Gasteiger partial charge on any atom is -0.466 e. The first-order valence-corrected chi connectivity index (χ1v) is 10.3. The van der Waals surface area contributed by atoms with Crippen molar-refractivity contribution in [2.75, 3.05) is 39.8 Å². The summed E-state index contributed by atoms with van der Waals surface area (Å²) in [5.41, 5.74) is 2.45. The van der Waals surface area contributed by atoms with Gasteiger partial charge in [-0.15, -0.1) is 0 Å². The number of carbonyl (C=O) groups excluding carboxylic acids is 4. The molecule has 30 heavy (non-hydrogen) atoms. The van der Waals surface area contributed by atoms with Crippen molar-refractivity contribution in [2.45, 2.75) is 33.6 Å². The molecule has 0 aliphatic carbocycles. The molecule has 0 atom stereocenters. The standard InChI is InChI=1S/C22H31N3O5/c1-5-30-22(29)17-6-8-25(9-7-17)20(27)14-24(4)19(26)13-23-21(28)18-11-15(2)10-16(3)12-18/h10-12,17H,5-9,13-14H2,1-4H3,(H,23,28). The van der Waals surface area contributed by atoms with Crippen molar-refractivity contribution < 1.29 is 23.9 Å². The van der Waals surface area contributed by atoms with Crippen molar-refractivity contribution >= 4 is 23.7 Å². The van der Waals surface area contributed by atoms with E-state index in [1.807, 2.05) is 19.9 Å². The van der Waals surface area contributed by atoms with Crippen molar-refractivity contribution in [3.63, 3.8) is 0 Å². The minimum absolute atomic E-state index is 0.0671. The van der Waals surface area contributed by atoms with Crippen LogP contribution in [0.15, 0.2) is 18.2 Å². The van der Waals surface area contributed by atoms with Crippen molar-refractivity contribution in [3.05, 3.63) is 34.9 Å². The third-order valence-electron chi connectivity index (χ3n) is 5.15. The summed E-state index contributed by atoms with van der Waals surface area (Å²) in [7, 11) is 1.54. The first-order chi connectivity index (χ1) is 14.2. The Morgan fingerprint density at radius 2 is 1.70 bits per heavy atom. The maximum atomic E-state index is 12.5. The summed E-state index contributed by atoms with van der Waals surface area (Å²) in [5, 5.41) is 2.61. The summed E-state index contributed by atoms with van der Waals surface area (Å²) in [6, 6.07) is 5.50. The zero-order valence-electron chi connectivity index (χ0n) is 18.2. The second-order valence-electron chi connectivity index (χ2n) is 7.72. The molecule has 1 aromatic carbocycles. The van der Waals surface area contributed by atoms with Gasteiger partial charge in [0.2, 0.25) is 11.8 Å². The number of rotatable bonds is 7. The van der Waals surface area contributed by atoms with Crippen LogP contribution >= 0.6 is 0 Å². The summed E-state index contributed by atoms with van der Waals surface area (Å²) in [6.45, 7) is 6.62. The fourth-order valence-corrected chi connectivity index (χ4v) is 3.51. The van der Waals surface area contributed by atoms with Crippen molar-refractivity contribution in [1.29, 1.82) is 0 Å². The number of benzene rings is 1. The number of piperidine rings is 1. The molecule has 0 radical (unpaired) electrons. The number of nitrogens with zero attached hydrogens (tertiary/aromatic N) is 2. The predicted octanol–water partition coefficient (Wildman–Crippen LogP) is 1.29. The first kappa shape index (κ1) is 23.4. The largest absolute Gasteiger partial charge is 0.466 e. The lowest BCUT2D eigenvalue weighted by Crippen LogP contribution is -2.47. The molecular weight excluding hydrogens is 386 g/mol. The monoisotopic (exact) mass is 417 g/mol. The molecule has 1 heterocycles.